The molecule has 0 N–H and O–H groups in total. The summed E-state index contributed by atoms with van der Waals surface area (Å²) in [5.74, 6) is 1.92. The SMILES string of the molecule is C=CC(=O)c1cc2ccc(N3CCC(N4CCC4)C3)nc2s1.C=c1cc(OC)c(C)c/c1=C/C.[HH]. The van der Waals surface area contributed by atoms with Crippen LogP contribution in [0.25, 0.3) is 22.9 Å². The number of benzene rings is 1. The van der Waals surface area contributed by atoms with E-state index in [2.05, 4.69) is 47.2 Å². The van der Waals surface area contributed by atoms with Crippen molar-refractivity contribution in [3.8, 4) is 5.75 Å². The largest absolute Gasteiger partial charge is 0.496 e. The van der Waals surface area contributed by atoms with Crippen molar-refractivity contribution in [2.75, 3.05) is 38.2 Å². The highest BCUT2D eigenvalue weighted by molar-refractivity contribution is 7.20. The number of likely N-dealkylation sites (tertiary alicyclic amines) is 1. The van der Waals surface area contributed by atoms with Gasteiger partial charge in [-0.05, 0) is 92.2 Å². The van der Waals surface area contributed by atoms with E-state index in [4.69, 9.17) is 9.72 Å². The molecule has 0 bridgehead atoms. The molecule has 180 valence electrons. The Bertz CT molecular complexity index is 1320. The summed E-state index contributed by atoms with van der Waals surface area (Å²) in [5, 5.41) is 3.23. The Morgan fingerprint density at radius 3 is 2.71 bits per heavy atom. The van der Waals surface area contributed by atoms with E-state index in [9.17, 15) is 4.79 Å². The standard InChI is InChI=1S/C17H19N3OS.C11H14O.H2/c1-2-14(21)15-10-12-4-5-16(18-17(12)22-15)20-9-6-13(11-20)19-7-3-8-19;1-5-10-6-9(3)11(12-4)7-8(10)2;/h2,4-5,10,13H,1,3,6-9,11H2;5-7H,2H2,1,3-4H3;1H/b;10-5-;. The monoisotopic (exact) mass is 477 g/mol. The summed E-state index contributed by atoms with van der Waals surface area (Å²) in [6.45, 7) is 16.2. The highest BCUT2D eigenvalue weighted by atomic mass is 32.1. The molecule has 1 unspecified atom stereocenters. The van der Waals surface area contributed by atoms with Crippen molar-refractivity contribution in [1.29, 1.82) is 0 Å². The smallest absolute Gasteiger partial charge is 0.195 e. The van der Waals surface area contributed by atoms with Crippen molar-refractivity contribution in [2.45, 2.75) is 32.7 Å². The molecule has 0 amide bonds. The maximum absolute atomic E-state index is 11.7. The van der Waals surface area contributed by atoms with E-state index in [1.165, 1.54) is 48.6 Å². The summed E-state index contributed by atoms with van der Waals surface area (Å²) in [6.07, 6.45) is 5.99. The Morgan fingerprint density at radius 1 is 1.26 bits per heavy atom. The Kier molecular flexibility index (Phi) is 7.49. The fourth-order valence-corrected chi connectivity index (χ4v) is 5.46. The molecular weight excluding hydrogens is 442 g/mol. The van der Waals surface area contributed by atoms with Crippen molar-refractivity contribution < 1.29 is 11.0 Å². The molecule has 0 spiro atoms. The quantitative estimate of drug-likeness (QED) is 0.402. The average Bonchev–Trinajstić information content (AvgIpc) is 3.46. The van der Waals surface area contributed by atoms with Crippen LogP contribution in [0.2, 0.25) is 0 Å². The normalized spacial score (nSPS) is 18.4. The minimum atomic E-state index is -0.0245. The molecule has 2 aliphatic heterocycles. The van der Waals surface area contributed by atoms with Crippen LogP contribution in [-0.4, -0.2) is 55.0 Å². The number of ketones is 1. The molecule has 0 saturated carbocycles. The molecule has 1 atom stereocenters. The predicted octanol–water partition coefficient (Wildman–Crippen LogP) is 4.41. The lowest BCUT2D eigenvalue weighted by Gasteiger charge is -2.36. The first-order valence-corrected chi connectivity index (χ1v) is 12.6. The number of hydrogen-bond donors (Lipinski definition) is 0. The van der Waals surface area contributed by atoms with E-state index in [1.807, 2.05) is 26.0 Å². The number of anilines is 1. The lowest BCUT2D eigenvalue weighted by Crippen LogP contribution is -2.46. The molecule has 2 fully saturated rings. The lowest BCUT2D eigenvalue weighted by molar-refractivity contribution is 0.105. The van der Waals surface area contributed by atoms with Crippen molar-refractivity contribution in [2.24, 2.45) is 0 Å². The van der Waals surface area contributed by atoms with Crippen LogP contribution >= 0.6 is 11.3 Å². The molecule has 2 saturated heterocycles. The number of carbonyl (C=O) groups excluding carboxylic acids is 1. The Morgan fingerprint density at radius 2 is 2.06 bits per heavy atom. The second kappa shape index (κ2) is 10.5. The highest BCUT2D eigenvalue weighted by Crippen LogP contribution is 2.29. The number of thiophene rings is 1. The summed E-state index contributed by atoms with van der Waals surface area (Å²) in [5.41, 5.74) is 1.15. The van der Waals surface area contributed by atoms with E-state index in [0.29, 0.717) is 6.04 Å². The fourth-order valence-electron chi connectivity index (χ4n) is 4.50. The minimum Gasteiger partial charge on any atom is -0.496 e. The van der Waals surface area contributed by atoms with Crippen LogP contribution in [0.3, 0.4) is 0 Å². The molecule has 2 aromatic heterocycles. The summed E-state index contributed by atoms with van der Waals surface area (Å²) < 4.78 is 5.17. The number of pyridine rings is 1. The number of hydrogen-bond acceptors (Lipinski definition) is 6. The van der Waals surface area contributed by atoms with Gasteiger partial charge in [0.15, 0.2) is 5.78 Å². The van der Waals surface area contributed by atoms with Gasteiger partial charge < -0.3 is 9.64 Å². The molecule has 5 rings (SSSR count). The number of methoxy groups -OCH3 is 1. The molecule has 2 aliphatic rings. The van der Waals surface area contributed by atoms with Crippen LogP contribution in [0.4, 0.5) is 5.82 Å². The zero-order valence-corrected chi connectivity index (χ0v) is 21.2. The first kappa shape index (κ1) is 24.2. The third kappa shape index (κ3) is 5.08. The Balaban J connectivity index is 0.000000226. The predicted molar refractivity (Wildman–Crippen MR) is 146 cm³/mol. The molecule has 3 aromatic rings. The number of nitrogens with zero attached hydrogens (tertiary/aromatic N) is 3. The molecule has 34 heavy (non-hydrogen) atoms. The molecule has 0 aliphatic carbocycles. The summed E-state index contributed by atoms with van der Waals surface area (Å²) >= 11 is 1.46. The van der Waals surface area contributed by atoms with Gasteiger partial charge in [-0.2, -0.15) is 0 Å². The summed E-state index contributed by atoms with van der Waals surface area (Å²) in [7, 11) is 1.68. The van der Waals surface area contributed by atoms with Crippen LogP contribution in [0.5, 0.6) is 5.75 Å². The third-order valence-electron chi connectivity index (χ3n) is 6.66. The van der Waals surface area contributed by atoms with Crippen molar-refractivity contribution in [3.05, 3.63) is 63.9 Å². The maximum atomic E-state index is 11.7. The summed E-state index contributed by atoms with van der Waals surface area (Å²) in [4.78, 5) is 23.1. The van der Waals surface area contributed by atoms with E-state index in [0.717, 1.165) is 50.5 Å². The number of aryl methyl sites for hydroxylation is 1. The van der Waals surface area contributed by atoms with Gasteiger partial charge in [0, 0.05) is 25.9 Å². The average molecular weight is 478 g/mol. The van der Waals surface area contributed by atoms with Gasteiger partial charge in [0.1, 0.15) is 16.4 Å². The number of ether oxygens (including phenoxy) is 1. The van der Waals surface area contributed by atoms with Gasteiger partial charge in [0.2, 0.25) is 0 Å². The number of rotatable bonds is 5. The minimum absolute atomic E-state index is 0. The zero-order chi connectivity index (χ0) is 24.2. The Labute approximate surface area is 207 Å². The second-order valence-electron chi connectivity index (χ2n) is 8.83. The first-order valence-electron chi connectivity index (χ1n) is 11.8. The van der Waals surface area contributed by atoms with Gasteiger partial charge in [0.25, 0.3) is 0 Å². The summed E-state index contributed by atoms with van der Waals surface area (Å²) in [6, 6.07) is 10.8. The number of aromatic nitrogens is 1. The van der Waals surface area contributed by atoms with E-state index in [-0.39, 0.29) is 7.21 Å². The number of fused-ring (bicyclic) bond motifs is 1. The van der Waals surface area contributed by atoms with E-state index in [1.54, 1.807) is 7.11 Å². The van der Waals surface area contributed by atoms with Gasteiger partial charge in [-0.1, -0.05) is 19.2 Å². The van der Waals surface area contributed by atoms with Gasteiger partial charge >= 0.3 is 0 Å². The second-order valence-corrected chi connectivity index (χ2v) is 9.86. The maximum Gasteiger partial charge on any atom is 0.195 e. The van der Waals surface area contributed by atoms with Crippen LogP contribution in [0.1, 0.15) is 36.4 Å². The fraction of sp³-hybridized carbons (Fsp3) is 0.357. The van der Waals surface area contributed by atoms with Crippen LogP contribution in [-0.2, 0) is 0 Å². The van der Waals surface area contributed by atoms with E-state index < -0.39 is 0 Å². The van der Waals surface area contributed by atoms with Gasteiger partial charge in [-0.25, -0.2) is 4.98 Å². The Hall–Kier alpha value is -2.96. The van der Waals surface area contributed by atoms with Crippen LogP contribution in [0, 0.1) is 6.92 Å². The molecular formula is C28H35N3O2S. The molecule has 0 radical (unpaired) electrons. The van der Waals surface area contributed by atoms with E-state index >= 15 is 0 Å². The van der Waals surface area contributed by atoms with Gasteiger partial charge in [0.05, 0.1) is 12.0 Å². The third-order valence-corrected chi connectivity index (χ3v) is 7.72. The lowest BCUT2D eigenvalue weighted by atomic mass is 10.1. The molecule has 4 heterocycles. The first-order chi connectivity index (χ1) is 16.4. The van der Waals surface area contributed by atoms with Crippen molar-refractivity contribution >= 4 is 45.8 Å². The highest BCUT2D eigenvalue weighted by Gasteiger charge is 2.31. The molecule has 5 nitrogen and oxygen atoms in total. The van der Waals surface area contributed by atoms with Gasteiger partial charge in [-0.15, -0.1) is 11.3 Å². The van der Waals surface area contributed by atoms with Crippen LogP contribution < -0.4 is 20.1 Å². The zero-order valence-electron chi connectivity index (χ0n) is 20.3. The van der Waals surface area contributed by atoms with Gasteiger partial charge in [-0.3, -0.25) is 9.69 Å². The van der Waals surface area contributed by atoms with Crippen molar-refractivity contribution in [3.63, 3.8) is 0 Å². The topological polar surface area (TPSA) is 45.7 Å². The number of carbonyl (C=O) groups is 1. The molecule has 6 heteroatoms. The molecule has 1 aromatic carbocycles. The van der Waals surface area contributed by atoms with Crippen LogP contribution in [0.15, 0.2) is 43.0 Å². The number of allylic oxidation sites excluding steroid dienone is 1. The van der Waals surface area contributed by atoms with Crippen molar-refractivity contribution in [1.82, 2.24) is 9.88 Å².